The Bertz CT molecular complexity index is 733. The molecule has 108 valence electrons. The second-order valence-electron chi connectivity index (χ2n) is 3.87. The summed E-state index contributed by atoms with van der Waals surface area (Å²) < 4.78 is 0. The van der Waals surface area contributed by atoms with Crippen LogP contribution in [0.1, 0.15) is 0 Å². The zero-order valence-corrected chi connectivity index (χ0v) is 10.4. The zero-order valence-electron chi connectivity index (χ0n) is 10.4. The van der Waals surface area contributed by atoms with Gasteiger partial charge in [-0.05, 0) is 6.07 Å². The summed E-state index contributed by atoms with van der Waals surface area (Å²) in [6.45, 7) is 0. The molecule has 0 unspecified atom stereocenters. The molecule has 2 rings (SSSR count). The third-order valence-electron chi connectivity index (χ3n) is 2.50. The molecule has 0 amide bonds. The lowest BCUT2D eigenvalue weighted by Crippen LogP contribution is -2.05. The maximum atomic E-state index is 11.0. The fourth-order valence-corrected chi connectivity index (χ4v) is 1.54. The van der Waals surface area contributed by atoms with Crippen molar-refractivity contribution in [2.75, 3.05) is 16.8 Å². The third-order valence-corrected chi connectivity index (χ3v) is 2.50. The van der Waals surface area contributed by atoms with Crippen LogP contribution in [0.3, 0.4) is 0 Å². The molecule has 1 heterocycles. The Kier molecular flexibility index (Phi) is 3.47. The minimum Gasteiger partial charge on any atom is -0.382 e. The predicted molar refractivity (Wildman–Crippen MR) is 73.9 cm³/mol. The van der Waals surface area contributed by atoms with Gasteiger partial charge >= 0.3 is 0 Å². The molecule has 0 atom stereocenters. The summed E-state index contributed by atoms with van der Waals surface area (Å²) in [5.41, 5.74) is 10.3. The number of hydrogen-bond acceptors (Lipinski definition) is 9. The number of nitrogens with two attached hydrogens (primary N) is 2. The smallest absolute Gasteiger partial charge is 0.299 e. The summed E-state index contributed by atoms with van der Waals surface area (Å²) in [6, 6.07) is 3.17. The van der Waals surface area contributed by atoms with Crippen molar-refractivity contribution in [3.8, 4) is 0 Å². The van der Waals surface area contributed by atoms with Crippen LogP contribution in [0.5, 0.6) is 0 Å². The lowest BCUT2D eigenvalue weighted by atomic mass is 10.2. The van der Waals surface area contributed by atoms with Crippen molar-refractivity contribution in [3.05, 3.63) is 44.6 Å². The van der Waals surface area contributed by atoms with E-state index in [2.05, 4.69) is 15.3 Å². The van der Waals surface area contributed by atoms with E-state index in [1.165, 1.54) is 12.3 Å². The van der Waals surface area contributed by atoms with Crippen molar-refractivity contribution in [1.29, 1.82) is 0 Å². The standard InChI is InChI=1S/C10H9N7O4/c11-9-7(4-13-10(12)15-9)14-6-2-1-5(16(18)19)3-8(6)17(20)21/h1-4,14H,(H4,11,12,13,15). The van der Waals surface area contributed by atoms with E-state index in [9.17, 15) is 20.2 Å². The van der Waals surface area contributed by atoms with Crippen LogP contribution < -0.4 is 16.8 Å². The number of rotatable bonds is 4. The predicted octanol–water partition coefficient (Wildman–Crippen LogP) is 1.20. The molecular weight excluding hydrogens is 282 g/mol. The number of nitrogens with one attached hydrogen (secondary N) is 1. The van der Waals surface area contributed by atoms with Gasteiger partial charge in [-0.15, -0.1) is 0 Å². The maximum absolute atomic E-state index is 11.0. The molecule has 11 nitrogen and oxygen atoms in total. The monoisotopic (exact) mass is 291 g/mol. The molecule has 1 aromatic heterocycles. The molecule has 0 radical (unpaired) electrons. The highest BCUT2D eigenvalue weighted by Crippen LogP contribution is 2.32. The van der Waals surface area contributed by atoms with Crippen LogP contribution in [0.4, 0.5) is 34.5 Å². The third kappa shape index (κ3) is 2.91. The molecule has 0 fully saturated rings. The fourth-order valence-electron chi connectivity index (χ4n) is 1.54. The molecule has 0 aliphatic rings. The number of nitrogens with zero attached hydrogens (tertiary/aromatic N) is 4. The largest absolute Gasteiger partial charge is 0.382 e. The fraction of sp³-hybridized carbons (Fsp3) is 0. The van der Waals surface area contributed by atoms with Gasteiger partial charge in [-0.2, -0.15) is 4.98 Å². The van der Waals surface area contributed by atoms with E-state index in [-0.39, 0.29) is 23.1 Å². The van der Waals surface area contributed by atoms with Crippen molar-refractivity contribution in [3.63, 3.8) is 0 Å². The average Bonchev–Trinajstić information content (AvgIpc) is 2.41. The molecule has 0 spiro atoms. The summed E-state index contributed by atoms with van der Waals surface area (Å²) in [5.74, 6) is -0.0496. The lowest BCUT2D eigenvalue weighted by Gasteiger charge is -2.08. The highest BCUT2D eigenvalue weighted by atomic mass is 16.6. The van der Waals surface area contributed by atoms with Gasteiger partial charge in [0, 0.05) is 6.07 Å². The molecule has 0 aliphatic heterocycles. The Morgan fingerprint density at radius 1 is 1.10 bits per heavy atom. The SMILES string of the molecule is Nc1ncc(Nc2ccc([N+](=O)[O-])cc2[N+](=O)[O-])c(N)n1. The van der Waals surface area contributed by atoms with Crippen molar-refractivity contribution in [2.24, 2.45) is 0 Å². The Morgan fingerprint density at radius 2 is 1.81 bits per heavy atom. The molecule has 5 N–H and O–H groups in total. The first-order chi connectivity index (χ1) is 9.88. The van der Waals surface area contributed by atoms with E-state index >= 15 is 0 Å². The van der Waals surface area contributed by atoms with Crippen molar-refractivity contribution in [1.82, 2.24) is 9.97 Å². The van der Waals surface area contributed by atoms with Crippen LogP contribution in [-0.4, -0.2) is 19.8 Å². The topological polar surface area (TPSA) is 176 Å². The molecule has 0 saturated heterocycles. The van der Waals surface area contributed by atoms with Crippen molar-refractivity contribution in [2.45, 2.75) is 0 Å². The summed E-state index contributed by atoms with van der Waals surface area (Å²) in [7, 11) is 0. The van der Waals surface area contributed by atoms with E-state index in [0.717, 1.165) is 12.1 Å². The van der Waals surface area contributed by atoms with Gasteiger partial charge in [0.2, 0.25) is 5.95 Å². The van der Waals surface area contributed by atoms with Crippen molar-refractivity contribution >= 4 is 34.5 Å². The highest BCUT2D eigenvalue weighted by molar-refractivity contribution is 5.76. The molecule has 0 bridgehead atoms. The van der Waals surface area contributed by atoms with E-state index < -0.39 is 21.2 Å². The van der Waals surface area contributed by atoms with Gasteiger partial charge in [0.05, 0.1) is 22.1 Å². The van der Waals surface area contributed by atoms with E-state index in [0.29, 0.717) is 0 Å². The normalized spacial score (nSPS) is 10.1. The first-order valence-electron chi connectivity index (χ1n) is 5.46. The van der Waals surface area contributed by atoms with E-state index in [1.54, 1.807) is 0 Å². The Morgan fingerprint density at radius 3 is 2.38 bits per heavy atom. The van der Waals surface area contributed by atoms with Crippen LogP contribution in [0.25, 0.3) is 0 Å². The minimum atomic E-state index is -0.746. The highest BCUT2D eigenvalue weighted by Gasteiger charge is 2.20. The second kappa shape index (κ2) is 5.24. The Labute approximate surface area is 116 Å². The summed E-state index contributed by atoms with van der Waals surface area (Å²) in [6.07, 6.45) is 1.25. The van der Waals surface area contributed by atoms with E-state index in [4.69, 9.17) is 11.5 Å². The van der Waals surface area contributed by atoms with Crippen LogP contribution in [-0.2, 0) is 0 Å². The molecule has 11 heteroatoms. The summed E-state index contributed by atoms with van der Waals surface area (Å²) in [4.78, 5) is 27.6. The van der Waals surface area contributed by atoms with Crippen LogP contribution in [0.15, 0.2) is 24.4 Å². The summed E-state index contributed by atoms with van der Waals surface area (Å²) >= 11 is 0. The molecular formula is C10H9N7O4. The Balaban J connectivity index is 2.44. The van der Waals surface area contributed by atoms with Gasteiger partial charge < -0.3 is 16.8 Å². The van der Waals surface area contributed by atoms with E-state index in [1.807, 2.05) is 0 Å². The van der Waals surface area contributed by atoms with Gasteiger partial charge in [-0.1, -0.05) is 0 Å². The average molecular weight is 291 g/mol. The maximum Gasteiger partial charge on any atom is 0.299 e. The molecule has 21 heavy (non-hydrogen) atoms. The van der Waals surface area contributed by atoms with Crippen molar-refractivity contribution < 1.29 is 9.85 Å². The number of anilines is 4. The number of aromatic nitrogens is 2. The minimum absolute atomic E-state index is 0.00449. The lowest BCUT2D eigenvalue weighted by molar-refractivity contribution is -0.393. The zero-order chi connectivity index (χ0) is 15.6. The van der Waals surface area contributed by atoms with Crippen LogP contribution >= 0.6 is 0 Å². The number of benzene rings is 1. The number of nitro groups is 2. The quantitative estimate of drug-likeness (QED) is 0.551. The Hall–Kier alpha value is -3.50. The first kappa shape index (κ1) is 13.9. The number of non-ortho nitro benzene ring substituents is 1. The summed E-state index contributed by atoms with van der Waals surface area (Å²) in [5, 5.41) is 24.3. The second-order valence-corrected chi connectivity index (χ2v) is 3.87. The number of nitro benzene ring substituents is 2. The number of hydrogen-bond donors (Lipinski definition) is 3. The molecule has 1 aromatic carbocycles. The molecule has 0 saturated carbocycles. The molecule has 0 aliphatic carbocycles. The number of nitrogen functional groups attached to an aromatic ring is 2. The van der Waals surface area contributed by atoms with Gasteiger partial charge in [-0.3, -0.25) is 20.2 Å². The van der Waals surface area contributed by atoms with Crippen LogP contribution in [0, 0.1) is 20.2 Å². The van der Waals surface area contributed by atoms with Gasteiger partial charge in [0.15, 0.2) is 5.82 Å². The van der Waals surface area contributed by atoms with Gasteiger partial charge in [-0.25, -0.2) is 4.98 Å². The van der Waals surface area contributed by atoms with Gasteiger partial charge in [0.1, 0.15) is 11.4 Å². The first-order valence-corrected chi connectivity index (χ1v) is 5.46. The molecule has 2 aromatic rings. The van der Waals surface area contributed by atoms with Gasteiger partial charge in [0.25, 0.3) is 11.4 Å². The van der Waals surface area contributed by atoms with Crippen LogP contribution in [0.2, 0.25) is 0 Å².